The fraction of sp³-hybridized carbons (Fsp3) is 0.450. The second kappa shape index (κ2) is 8.45. The normalized spacial score (nSPS) is 17.2. The minimum Gasteiger partial charge on any atom is -0.349 e. The Labute approximate surface area is 148 Å². The molecule has 0 saturated carbocycles. The van der Waals surface area contributed by atoms with Crippen molar-refractivity contribution in [2.24, 2.45) is 0 Å². The molecule has 1 amide bonds. The van der Waals surface area contributed by atoms with E-state index in [4.69, 9.17) is 0 Å². The summed E-state index contributed by atoms with van der Waals surface area (Å²) in [4.78, 5) is 15.7. The van der Waals surface area contributed by atoms with Crippen molar-refractivity contribution in [2.75, 3.05) is 19.6 Å². The van der Waals surface area contributed by atoms with E-state index in [0.29, 0.717) is 6.54 Å². The van der Waals surface area contributed by atoms with Crippen molar-refractivity contribution in [3.05, 3.63) is 57.8 Å². The van der Waals surface area contributed by atoms with Gasteiger partial charge in [0.05, 0.1) is 10.9 Å². The number of likely N-dealkylation sites (tertiary alicyclic amines) is 1. The van der Waals surface area contributed by atoms with Crippen molar-refractivity contribution in [3.63, 3.8) is 0 Å². The lowest BCUT2D eigenvalue weighted by Gasteiger charge is -2.31. The molecular weight excluding hydrogens is 316 g/mol. The van der Waals surface area contributed by atoms with Crippen LogP contribution in [0.3, 0.4) is 0 Å². The Bertz CT molecular complexity index is 628. The molecule has 1 N–H and O–H groups in total. The molecule has 1 aromatic heterocycles. The van der Waals surface area contributed by atoms with Gasteiger partial charge in [0, 0.05) is 6.54 Å². The third-order valence-corrected chi connectivity index (χ3v) is 5.61. The first-order chi connectivity index (χ1) is 11.7. The molecule has 128 valence electrons. The van der Waals surface area contributed by atoms with Gasteiger partial charge >= 0.3 is 0 Å². The van der Waals surface area contributed by atoms with Crippen LogP contribution in [0.25, 0.3) is 0 Å². The van der Waals surface area contributed by atoms with Crippen LogP contribution in [0.2, 0.25) is 0 Å². The second-order valence-electron chi connectivity index (χ2n) is 6.56. The summed E-state index contributed by atoms with van der Waals surface area (Å²) < 4.78 is 0. The highest BCUT2D eigenvalue weighted by molar-refractivity contribution is 7.12. The smallest absolute Gasteiger partial charge is 0.261 e. The van der Waals surface area contributed by atoms with Crippen LogP contribution < -0.4 is 5.32 Å². The average Bonchev–Trinajstić information content (AvgIpc) is 3.01. The lowest BCUT2D eigenvalue weighted by atomic mass is 10.0. The number of carbonyl (C=O) groups is 1. The maximum Gasteiger partial charge on any atom is 0.261 e. The van der Waals surface area contributed by atoms with Crippen LogP contribution >= 0.6 is 11.3 Å². The van der Waals surface area contributed by atoms with Crippen LogP contribution in [0, 0.1) is 6.92 Å². The number of hydrogen-bond donors (Lipinski definition) is 1. The molecule has 1 aliphatic rings. The Morgan fingerprint density at radius 1 is 1.12 bits per heavy atom. The van der Waals surface area contributed by atoms with Crippen LogP contribution in [0.15, 0.2) is 41.8 Å². The summed E-state index contributed by atoms with van der Waals surface area (Å²) in [7, 11) is 0. The topological polar surface area (TPSA) is 32.3 Å². The molecule has 2 heterocycles. The fourth-order valence-corrected chi connectivity index (χ4v) is 3.98. The van der Waals surface area contributed by atoms with Gasteiger partial charge in [0.2, 0.25) is 0 Å². The minimum absolute atomic E-state index is 0.0388. The van der Waals surface area contributed by atoms with Gasteiger partial charge in [-0.15, -0.1) is 11.3 Å². The van der Waals surface area contributed by atoms with Gasteiger partial charge in [-0.05, 0) is 49.9 Å². The van der Waals surface area contributed by atoms with Gasteiger partial charge in [-0.3, -0.25) is 9.69 Å². The number of hydrogen-bond acceptors (Lipinski definition) is 3. The number of thiophene rings is 1. The van der Waals surface area contributed by atoms with Gasteiger partial charge in [0.1, 0.15) is 0 Å². The Kier molecular flexibility index (Phi) is 6.05. The van der Waals surface area contributed by atoms with Crippen molar-refractivity contribution in [3.8, 4) is 0 Å². The van der Waals surface area contributed by atoms with Crippen LogP contribution in [-0.4, -0.2) is 30.4 Å². The van der Waals surface area contributed by atoms with E-state index in [0.717, 1.165) is 18.0 Å². The molecule has 1 atom stereocenters. The molecular formula is C20H26N2OS. The van der Waals surface area contributed by atoms with Gasteiger partial charge < -0.3 is 5.32 Å². The monoisotopic (exact) mass is 342 g/mol. The molecule has 0 unspecified atom stereocenters. The Hall–Kier alpha value is -1.65. The molecule has 1 aliphatic heterocycles. The molecule has 0 spiro atoms. The van der Waals surface area contributed by atoms with Crippen LogP contribution in [0.5, 0.6) is 0 Å². The van der Waals surface area contributed by atoms with Crippen molar-refractivity contribution >= 4 is 17.2 Å². The maximum atomic E-state index is 12.3. The molecule has 0 aliphatic carbocycles. The number of benzene rings is 1. The molecule has 0 radical (unpaired) electrons. The number of aryl methyl sites for hydroxylation is 1. The van der Waals surface area contributed by atoms with E-state index in [1.165, 1.54) is 48.1 Å². The molecule has 3 nitrogen and oxygen atoms in total. The first-order valence-electron chi connectivity index (χ1n) is 8.86. The Balaban J connectivity index is 1.73. The SMILES string of the molecule is Cc1ccc([C@@H](CNC(=O)c2cccs2)N2CCCCCC2)cc1. The Morgan fingerprint density at radius 2 is 1.83 bits per heavy atom. The molecule has 1 fully saturated rings. The van der Waals surface area contributed by atoms with E-state index in [9.17, 15) is 4.79 Å². The van der Waals surface area contributed by atoms with E-state index in [1.807, 2.05) is 17.5 Å². The number of rotatable bonds is 5. The summed E-state index contributed by atoms with van der Waals surface area (Å²) in [6.45, 7) is 5.02. The summed E-state index contributed by atoms with van der Waals surface area (Å²) in [6, 6.07) is 12.8. The quantitative estimate of drug-likeness (QED) is 0.873. The average molecular weight is 343 g/mol. The first kappa shape index (κ1) is 17.2. The molecule has 4 heteroatoms. The Morgan fingerprint density at radius 3 is 2.46 bits per heavy atom. The maximum absolute atomic E-state index is 12.3. The summed E-state index contributed by atoms with van der Waals surface area (Å²) >= 11 is 1.49. The van der Waals surface area contributed by atoms with Crippen LogP contribution in [-0.2, 0) is 0 Å². The summed E-state index contributed by atoms with van der Waals surface area (Å²) in [6.07, 6.45) is 5.14. The third kappa shape index (κ3) is 4.46. The fourth-order valence-electron chi connectivity index (χ4n) is 3.34. The van der Waals surface area contributed by atoms with Crippen molar-refractivity contribution in [1.82, 2.24) is 10.2 Å². The van der Waals surface area contributed by atoms with Gasteiger partial charge in [-0.2, -0.15) is 0 Å². The third-order valence-electron chi connectivity index (χ3n) is 4.74. The number of nitrogens with zero attached hydrogens (tertiary/aromatic N) is 1. The molecule has 0 bridgehead atoms. The summed E-state index contributed by atoms with van der Waals surface area (Å²) in [5.41, 5.74) is 2.57. The van der Waals surface area contributed by atoms with Crippen LogP contribution in [0.1, 0.15) is 52.5 Å². The molecule has 2 aromatic rings. The number of amides is 1. The lowest BCUT2D eigenvalue weighted by Crippen LogP contribution is -2.38. The highest BCUT2D eigenvalue weighted by Gasteiger charge is 2.22. The van der Waals surface area contributed by atoms with Gasteiger partial charge in [0.15, 0.2) is 0 Å². The van der Waals surface area contributed by atoms with E-state index in [-0.39, 0.29) is 11.9 Å². The minimum atomic E-state index is 0.0388. The predicted molar refractivity (Wildman–Crippen MR) is 101 cm³/mol. The zero-order chi connectivity index (χ0) is 16.8. The van der Waals surface area contributed by atoms with Crippen molar-refractivity contribution < 1.29 is 4.79 Å². The number of carbonyl (C=O) groups excluding carboxylic acids is 1. The molecule has 3 rings (SSSR count). The zero-order valence-corrected chi connectivity index (χ0v) is 15.1. The number of nitrogens with one attached hydrogen (secondary N) is 1. The first-order valence-corrected chi connectivity index (χ1v) is 9.74. The lowest BCUT2D eigenvalue weighted by molar-refractivity contribution is 0.0937. The van der Waals surface area contributed by atoms with Crippen molar-refractivity contribution in [2.45, 2.75) is 38.6 Å². The molecule has 1 saturated heterocycles. The van der Waals surface area contributed by atoms with Gasteiger partial charge in [-0.1, -0.05) is 48.7 Å². The summed E-state index contributed by atoms with van der Waals surface area (Å²) in [5.74, 6) is 0.0388. The highest BCUT2D eigenvalue weighted by Crippen LogP contribution is 2.24. The van der Waals surface area contributed by atoms with Gasteiger partial charge in [0.25, 0.3) is 5.91 Å². The zero-order valence-electron chi connectivity index (χ0n) is 14.3. The summed E-state index contributed by atoms with van der Waals surface area (Å²) in [5, 5.41) is 5.09. The molecule has 24 heavy (non-hydrogen) atoms. The second-order valence-corrected chi connectivity index (χ2v) is 7.51. The van der Waals surface area contributed by atoms with Crippen LogP contribution in [0.4, 0.5) is 0 Å². The van der Waals surface area contributed by atoms with Gasteiger partial charge in [-0.25, -0.2) is 0 Å². The van der Waals surface area contributed by atoms with E-state index < -0.39 is 0 Å². The van der Waals surface area contributed by atoms with E-state index in [1.54, 1.807) is 0 Å². The highest BCUT2D eigenvalue weighted by atomic mass is 32.1. The van der Waals surface area contributed by atoms with E-state index >= 15 is 0 Å². The predicted octanol–water partition coefficient (Wildman–Crippen LogP) is 4.40. The standard InChI is InChI=1S/C20H26N2OS/c1-16-8-10-17(11-9-16)18(22-12-4-2-3-5-13-22)15-21-20(23)19-7-6-14-24-19/h6-11,14,18H,2-5,12-13,15H2,1H3,(H,21,23)/t18-/m1/s1. The van der Waals surface area contributed by atoms with E-state index in [2.05, 4.69) is 41.4 Å². The largest absolute Gasteiger partial charge is 0.349 e. The van der Waals surface area contributed by atoms with Crippen molar-refractivity contribution in [1.29, 1.82) is 0 Å². The molecule has 1 aromatic carbocycles.